The number of carbonyl (C=O) groups is 1. The van der Waals surface area contributed by atoms with Crippen LogP contribution in [0.3, 0.4) is 0 Å². The highest BCUT2D eigenvalue weighted by Gasteiger charge is 2.33. The van der Waals surface area contributed by atoms with Gasteiger partial charge >= 0.3 is 0 Å². The lowest BCUT2D eigenvalue weighted by atomic mass is 10.0. The van der Waals surface area contributed by atoms with E-state index in [1.807, 2.05) is 36.3 Å². The lowest BCUT2D eigenvalue weighted by Gasteiger charge is -2.43. The summed E-state index contributed by atoms with van der Waals surface area (Å²) in [5.41, 5.74) is 5.50. The average Bonchev–Trinajstić information content (AvgIpc) is 2.91. The molecular weight excluding hydrogens is 278 g/mol. The zero-order chi connectivity index (χ0) is 14.0. The molecule has 2 N–H and O–H groups in total. The zero-order valence-electron chi connectivity index (χ0n) is 11.3. The first-order valence-electron chi connectivity index (χ1n) is 6.30. The van der Waals surface area contributed by atoms with Gasteiger partial charge in [0, 0.05) is 26.2 Å². The van der Waals surface area contributed by atoms with E-state index in [9.17, 15) is 4.79 Å². The van der Waals surface area contributed by atoms with Gasteiger partial charge < -0.3 is 10.6 Å². The van der Waals surface area contributed by atoms with Gasteiger partial charge in [-0.3, -0.25) is 9.69 Å². The molecule has 4 nitrogen and oxygen atoms in total. The Morgan fingerprint density at radius 2 is 2.00 bits per heavy atom. The fraction of sp³-hybridized carbons (Fsp3) is 0.538. The maximum atomic E-state index is 12.2. The van der Waals surface area contributed by atoms with E-state index < -0.39 is 0 Å². The van der Waals surface area contributed by atoms with E-state index in [1.54, 1.807) is 0 Å². The van der Waals surface area contributed by atoms with E-state index in [0.717, 1.165) is 31.1 Å². The molecule has 1 aliphatic heterocycles. The molecule has 0 spiro atoms. The summed E-state index contributed by atoms with van der Waals surface area (Å²) in [7, 11) is 0. The lowest BCUT2D eigenvalue weighted by Crippen LogP contribution is -2.59. The zero-order valence-corrected chi connectivity index (χ0v) is 12.9. The van der Waals surface area contributed by atoms with Crippen LogP contribution in [0.15, 0.2) is 17.5 Å². The van der Waals surface area contributed by atoms with Crippen molar-refractivity contribution in [3.63, 3.8) is 0 Å². The predicted octanol–water partition coefficient (Wildman–Crippen LogP) is 1.57. The van der Waals surface area contributed by atoms with E-state index in [2.05, 4.69) is 4.90 Å². The topological polar surface area (TPSA) is 49.6 Å². The van der Waals surface area contributed by atoms with Crippen LogP contribution in [0, 0.1) is 0 Å². The largest absolute Gasteiger partial charge is 0.392 e. The van der Waals surface area contributed by atoms with Crippen molar-refractivity contribution in [2.24, 2.45) is 5.73 Å². The Morgan fingerprint density at radius 3 is 2.47 bits per heavy atom. The Balaban J connectivity index is 1.96. The number of nitrogens with two attached hydrogens (primary N) is 1. The Kier molecular flexibility index (Phi) is 4.23. The van der Waals surface area contributed by atoms with Crippen molar-refractivity contribution in [3.05, 3.63) is 22.4 Å². The summed E-state index contributed by atoms with van der Waals surface area (Å²) in [5, 5.41) is 1.93. The molecular formula is C13H19N3OS2. The molecule has 1 fully saturated rings. The number of rotatable bonds is 3. The summed E-state index contributed by atoms with van der Waals surface area (Å²) in [4.78, 5) is 17.7. The van der Waals surface area contributed by atoms with E-state index in [0.29, 0.717) is 4.99 Å². The van der Waals surface area contributed by atoms with Crippen LogP contribution in [0.1, 0.15) is 23.5 Å². The molecule has 6 heteroatoms. The van der Waals surface area contributed by atoms with Crippen molar-refractivity contribution in [1.82, 2.24) is 9.80 Å². The average molecular weight is 297 g/mol. The normalized spacial score (nSPS) is 17.5. The smallest absolute Gasteiger partial charge is 0.264 e. The van der Waals surface area contributed by atoms with E-state index >= 15 is 0 Å². The van der Waals surface area contributed by atoms with Crippen LogP contribution in [0.2, 0.25) is 0 Å². The molecule has 0 aliphatic carbocycles. The summed E-state index contributed by atoms with van der Waals surface area (Å²) in [6.45, 7) is 7.13. The van der Waals surface area contributed by atoms with Crippen LogP contribution < -0.4 is 5.73 Å². The quantitative estimate of drug-likeness (QED) is 0.861. The highest BCUT2D eigenvalue weighted by molar-refractivity contribution is 7.80. The second-order valence-electron chi connectivity index (χ2n) is 5.18. The highest BCUT2D eigenvalue weighted by Crippen LogP contribution is 2.19. The minimum atomic E-state index is -0.284. The van der Waals surface area contributed by atoms with Crippen molar-refractivity contribution in [3.8, 4) is 0 Å². The van der Waals surface area contributed by atoms with Crippen LogP contribution in [-0.4, -0.2) is 52.4 Å². The number of hydrogen-bond acceptors (Lipinski definition) is 4. The van der Waals surface area contributed by atoms with Crippen LogP contribution in [0.25, 0.3) is 0 Å². The standard InChI is InChI=1S/C13H19N3OS2/c1-13(2,12(14)18)16-7-5-15(6-8-16)11(17)10-4-3-9-19-10/h3-4,9H,5-8H2,1-2H3,(H2,14,18). The van der Waals surface area contributed by atoms with Crippen molar-refractivity contribution in [2.45, 2.75) is 19.4 Å². The number of thiophene rings is 1. The van der Waals surface area contributed by atoms with E-state index in [-0.39, 0.29) is 11.4 Å². The molecule has 1 aromatic rings. The predicted molar refractivity (Wildman–Crippen MR) is 82.7 cm³/mol. The number of carbonyl (C=O) groups excluding carboxylic acids is 1. The maximum Gasteiger partial charge on any atom is 0.264 e. The molecule has 1 saturated heterocycles. The van der Waals surface area contributed by atoms with Gasteiger partial charge in [-0.15, -0.1) is 11.3 Å². The number of hydrogen-bond donors (Lipinski definition) is 1. The number of thiocarbonyl (C=S) groups is 1. The number of amides is 1. The Labute approximate surface area is 123 Å². The molecule has 0 radical (unpaired) electrons. The Bertz CT molecular complexity index is 462. The van der Waals surface area contributed by atoms with Gasteiger partial charge in [0.25, 0.3) is 5.91 Å². The van der Waals surface area contributed by atoms with Crippen molar-refractivity contribution in [1.29, 1.82) is 0 Å². The molecule has 0 unspecified atom stereocenters. The molecule has 0 atom stereocenters. The SMILES string of the molecule is CC(C)(C(N)=S)N1CCN(C(=O)c2cccs2)CC1. The van der Waals surface area contributed by atoms with Crippen LogP contribution in [-0.2, 0) is 0 Å². The van der Waals surface area contributed by atoms with Gasteiger partial charge in [-0.1, -0.05) is 18.3 Å². The molecule has 1 aromatic heterocycles. The Hall–Kier alpha value is -0.980. The molecule has 104 valence electrons. The van der Waals surface area contributed by atoms with Crippen molar-refractivity contribution < 1.29 is 4.79 Å². The summed E-state index contributed by atoms with van der Waals surface area (Å²) in [5.74, 6) is 0.128. The Morgan fingerprint density at radius 1 is 1.37 bits per heavy atom. The first-order valence-corrected chi connectivity index (χ1v) is 7.59. The summed E-state index contributed by atoms with van der Waals surface area (Å²) in [6, 6.07) is 3.78. The third-order valence-corrected chi connectivity index (χ3v) is 5.05. The molecule has 0 aromatic carbocycles. The van der Waals surface area contributed by atoms with Gasteiger partial charge in [-0.2, -0.15) is 0 Å². The lowest BCUT2D eigenvalue weighted by molar-refractivity contribution is 0.0544. The van der Waals surface area contributed by atoms with Gasteiger partial charge in [0.1, 0.15) is 0 Å². The summed E-state index contributed by atoms with van der Waals surface area (Å²) < 4.78 is 0. The second kappa shape index (κ2) is 5.56. The monoisotopic (exact) mass is 297 g/mol. The van der Waals surface area contributed by atoms with Gasteiger partial charge in [-0.25, -0.2) is 0 Å². The molecule has 1 aliphatic rings. The summed E-state index contributed by atoms with van der Waals surface area (Å²) in [6.07, 6.45) is 0. The third-order valence-electron chi connectivity index (χ3n) is 3.69. The molecule has 2 rings (SSSR count). The van der Waals surface area contributed by atoms with Gasteiger partial charge in [-0.05, 0) is 25.3 Å². The van der Waals surface area contributed by atoms with Crippen molar-refractivity contribution in [2.75, 3.05) is 26.2 Å². The molecule has 2 heterocycles. The molecule has 0 saturated carbocycles. The van der Waals surface area contributed by atoms with Gasteiger partial charge in [0.2, 0.25) is 0 Å². The van der Waals surface area contributed by atoms with Crippen LogP contribution >= 0.6 is 23.6 Å². The van der Waals surface area contributed by atoms with Crippen molar-refractivity contribution >= 4 is 34.5 Å². The van der Waals surface area contributed by atoms with Crippen LogP contribution in [0.4, 0.5) is 0 Å². The van der Waals surface area contributed by atoms with E-state index in [1.165, 1.54) is 11.3 Å². The number of nitrogens with zero attached hydrogens (tertiary/aromatic N) is 2. The molecule has 0 bridgehead atoms. The van der Waals surface area contributed by atoms with Gasteiger partial charge in [0.05, 0.1) is 15.4 Å². The summed E-state index contributed by atoms with van der Waals surface area (Å²) >= 11 is 6.61. The molecule has 19 heavy (non-hydrogen) atoms. The van der Waals surface area contributed by atoms with Gasteiger partial charge in [0.15, 0.2) is 0 Å². The fourth-order valence-electron chi connectivity index (χ4n) is 2.18. The van der Waals surface area contributed by atoms with E-state index in [4.69, 9.17) is 18.0 Å². The highest BCUT2D eigenvalue weighted by atomic mass is 32.1. The first-order chi connectivity index (χ1) is 8.93. The second-order valence-corrected chi connectivity index (χ2v) is 6.57. The first kappa shape index (κ1) is 14.4. The minimum Gasteiger partial charge on any atom is -0.392 e. The van der Waals surface area contributed by atoms with Crippen LogP contribution in [0.5, 0.6) is 0 Å². The molecule has 1 amide bonds. The maximum absolute atomic E-state index is 12.2. The third kappa shape index (κ3) is 2.96. The number of piperazine rings is 1. The minimum absolute atomic E-state index is 0.128. The fourth-order valence-corrected chi connectivity index (χ4v) is 3.00.